The van der Waals surface area contributed by atoms with Crippen molar-refractivity contribution >= 4 is 46.2 Å². The molecule has 6 aromatic carbocycles. The number of rotatable bonds is 7. The zero-order chi connectivity index (χ0) is 41.4. The minimum Gasteiger partial charge on any atom is -0.499 e. The van der Waals surface area contributed by atoms with Gasteiger partial charge in [0.25, 0.3) is 0 Å². The number of halogens is 1. The van der Waals surface area contributed by atoms with E-state index in [9.17, 15) is 9.65 Å². The van der Waals surface area contributed by atoms with Crippen LogP contribution in [0.25, 0.3) is 72.4 Å². The smallest absolute Gasteiger partial charge is 0.138 e. The van der Waals surface area contributed by atoms with E-state index in [4.69, 9.17) is 9.40 Å². The van der Waals surface area contributed by atoms with Gasteiger partial charge in [-0.2, -0.15) is 5.26 Å². The van der Waals surface area contributed by atoms with E-state index in [0.29, 0.717) is 16.7 Å². The number of aromatic nitrogens is 3. The van der Waals surface area contributed by atoms with Gasteiger partial charge in [-0.05, 0) is 75.3 Å². The van der Waals surface area contributed by atoms with Crippen molar-refractivity contribution in [3.05, 3.63) is 168 Å². The summed E-state index contributed by atoms with van der Waals surface area (Å²) in [6, 6.07) is 50.4. The molecule has 5 nitrogen and oxygen atoms in total. The van der Waals surface area contributed by atoms with Gasteiger partial charge < -0.3 is 14.0 Å². The minimum absolute atomic E-state index is 0. The van der Waals surface area contributed by atoms with Gasteiger partial charge >= 0.3 is 0 Å². The normalized spacial score (nSPS) is 11.5. The number of benzene rings is 6. The van der Waals surface area contributed by atoms with Crippen LogP contribution in [0.3, 0.4) is 0 Å². The van der Waals surface area contributed by atoms with E-state index in [1.165, 1.54) is 39.6 Å². The molecule has 0 fully saturated rings. The number of fused-ring (bicyclic) bond motifs is 4. The van der Waals surface area contributed by atoms with Crippen molar-refractivity contribution in [1.29, 1.82) is 5.26 Å². The molecule has 8 heteroatoms. The van der Waals surface area contributed by atoms with Gasteiger partial charge in [-0.1, -0.05) is 125 Å². The van der Waals surface area contributed by atoms with Crippen molar-refractivity contribution in [3.8, 4) is 45.5 Å². The second-order valence-electron chi connectivity index (χ2n) is 16.5. The van der Waals surface area contributed by atoms with E-state index in [1.54, 1.807) is 12.1 Å². The molecule has 0 aliphatic rings. The van der Waals surface area contributed by atoms with E-state index >= 15 is 0 Å². The molecule has 0 amide bonds. The first-order valence-corrected chi connectivity index (χ1v) is 23.5. The number of para-hydroxylation sites is 3. The SMILES string of the molecule is CC(C)c1cc(-c2ccccc2)cc(C(C)C)c1-n1c(-c2[c-]ccc3c2oc2c(C#N)cccc23)nc2ccccc21.C[Si](C)(C)c1ccc(-c2[c-]cc(F)cc2)nc1.[Ir]. The Morgan fingerprint density at radius 3 is 2.08 bits per heavy atom. The van der Waals surface area contributed by atoms with Gasteiger partial charge in [0, 0.05) is 43.2 Å². The zero-order valence-electron chi connectivity index (χ0n) is 34.8. The van der Waals surface area contributed by atoms with Gasteiger partial charge in [0.15, 0.2) is 0 Å². The predicted molar refractivity (Wildman–Crippen MR) is 242 cm³/mol. The molecule has 1 radical (unpaired) electrons. The van der Waals surface area contributed by atoms with E-state index in [2.05, 4.69) is 142 Å². The zero-order valence-corrected chi connectivity index (χ0v) is 38.2. The molecule has 0 unspecified atom stereocenters. The number of hydrogen-bond acceptors (Lipinski definition) is 4. The van der Waals surface area contributed by atoms with Crippen LogP contribution in [-0.4, -0.2) is 22.6 Å². The second-order valence-corrected chi connectivity index (χ2v) is 21.6. The van der Waals surface area contributed by atoms with Crippen LogP contribution < -0.4 is 5.19 Å². The fourth-order valence-corrected chi connectivity index (χ4v) is 8.65. The molecule has 0 saturated carbocycles. The Kier molecular flexibility index (Phi) is 12.2. The maximum atomic E-state index is 12.8. The molecule has 3 aromatic heterocycles. The maximum Gasteiger partial charge on any atom is 0.138 e. The Bertz CT molecular complexity index is 2960. The average Bonchev–Trinajstić information content (AvgIpc) is 3.83. The van der Waals surface area contributed by atoms with Crippen LogP contribution in [-0.2, 0) is 20.1 Å². The van der Waals surface area contributed by atoms with Gasteiger partial charge in [0.1, 0.15) is 11.7 Å². The topological polar surface area (TPSA) is 67.6 Å². The fraction of sp³-hybridized carbons (Fsp3) is 0.173. The van der Waals surface area contributed by atoms with Gasteiger partial charge in [0.2, 0.25) is 0 Å². The summed E-state index contributed by atoms with van der Waals surface area (Å²) in [7, 11) is -1.30. The van der Waals surface area contributed by atoms with E-state index in [1.807, 2.05) is 42.6 Å². The molecular weight excluding hydrogens is 936 g/mol. The summed E-state index contributed by atoms with van der Waals surface area (Å²) in [5, 5.41) is 13.0. The minimum atomic E-state index is -1.30. The first kappa shape index (κ1) is 42.2. The van der Waals surface area contributed by atoms with Crippen LogP contribution in [0.1, 0.15) is 56.2 Å². The van der Waals surface area contributed by atoms with Gasteiger partial charge in [-0.3, -0.25) is 9.37 Å². The summed E-state index contributed by atoms with van der Waals surface area (Å²) in [6.07, 6.45) is 1.93. The number of furan rings is 1. The third-order valence-electron chi connectivity index (χ3n) is 10.8. The third-order valence-corrected chi connectivity index (χ3v) is 12.8. The Morgan fingerprint density at radius 2 is 1.45 bits per heavy atom. The largest absolute Gasteiger partial charge is 0.499 e. The van der Waals surface area contributed by atoms with Crippen LogP contribution in [0.4, 0.5) is 4.39 Å². The first-order chi connectivity index (χ1) is 28.4. The van der Waals surface area contributed by atoms with Gasteiger partial charge in [0.05, 0.1) is 36.1 Å². The third kappa shape index (κ3) is 8.14. The Balaban J connectivity index is 0.000000255. The maximum absolute atomic E-state index is 12.8. The molecule has 0 aliphatic heterocycles. The van der Waals surface area contributed by atoms with E-state index in [-0.39, 0.29) is 37.8 Å². The molecule has 0 aliphatic carbocycles. The molecule has 3 heterocycles. The fourth-order valence-electron chi connectivity index (χ4n) is 7.62. The second kappa shape index (κ2) is 17.3. The Morgan fingerprint density at radius 1 is 0.750 bits per heavy atom. The molecule has 0 bridgehead atoms. The van der Waals surface area contributed by atoms with Gasteiger partial charge in [-0.15, -0.1) is 48.0 Å². The summed E-state index contributed by atoms with van der Waals surface area (Å²) in [4.78, 5) is 9.64. The quantitative estimate of drug-likeness (QED) is 0.118. The summed E-state index contributed by atoms with van der Waals surface area (Å²) < 4.78 is 21.6. The Labute approximate surface area is 365 Å². The molecule has 0 saturated heterocycles. The molecule has 9 aromatic rings. The van der Waals surface area contributed by atoms with Crippen molar-refractivity contribution in [2.24, 2.45) is 0 Å². The van der Waals surface area contributed by atoms with Crippen LogP contribution in [0.15, 0.2) is 138 Å². The van der Waals surface area contributed by atoms with Crippen LogP contribution in [0, 0.1) is 29.3 Å². The van der Waals surface area contributed by atoms with Gasteiger partial charge in [-0.25, -0.2) is 0 Å². The average molecular weight is 981 g/mol. The predicted octanol–water partition coefficient (Wildman–Crippen LogP) is 13.4. The molecule has 0 N–H and O–H groups in total. The standard InChI is InChI=1S/C38H30N3O.C14H15FNSi.Ir/c1-23(2)31-20-27(25-12-6-5-7-13-25)21-32(24(3)4)35(31)41-34-19-9-8-18-33(34)40-38(41)30-17-11-16-29-28-15-10-14-26(22-39)36(28)42-37(29)30;1-17(2,3)13-8-9-14(16-10-13)11-4-6-12(15)7-5-11;/h5-16,18-21,23-24H,1-4H3;4,6-10H,1-3H3;/q2*-1;. The first-order valence-electron chi connectivity index (χ1n) is 20.0. The van der Waals surface area contributed by atoms with Crippen molar-refractivity contribution in [1.82, 2.24) is 14.5 Å². The monoisotopic (exact) mass is 981 g/mol. The van der Waals surface area contributed by atoms with Crippen molar-refractivity contribution in [2.45, 2.75) is 59.2 Å². The molecule has 0 atom stereocenters. The number of nitriles is 1. The molecular formula is C52H45FIrN4OSi-2. The number of imidazole rings is 1. The van der Waals surface area contributed by atoms with E-state index < -0.39 is 8.07 Å². The molecule has 301 valence electrons. The van der Waals surface area contributed by atoms with Crippen molar-refractivity contribution in [3.63, 3.8) is 0 Å². The van der Waals surface area contributed by atoms with Crippen LogP contribution in [0.2, 0.25) is 19.6 Å². The Hall–Kier alpha value is -5.97. The molecule has 0 spiro atoms. The van der Waals surface area contributed by atoms with E-state index in [0.717, 1.165) is 50.1 Å². The van der Waals surface area contributed by atoms with Crippen LogP contribution >= 0.6 is 0 Å². The number of hydrogen-bond donors (Lipinski definition) is 0. The summed E-state index contributed by atoms with van der Waals surface area (Å²) >= 11 is 0. The molecule has 60 heavy (non-hydrogen) atoms. The van der Waals surface area contributed by atoms with Crippen molar-refractivity contribution < 1.29 is 28.9 Å². The summed E-state index contributed by atoms with van der Waals surface area (Å²) in [5.41, 5.74) is 12.3. The number of nitrogens with zero attached hydrogens (tertiary/aromatic N) is 4. The number of pyridine rings is 1. The molecule has 9 rings (SSSR count). The summed E-state index contributed by atoms with van der Waals surface area (Å²) in [6.45, 7) is 15.9. The summed E-state index contributed by atoms with van der Waals surface area (Å²) in [5.74, 6) is 1.03. The van der Waals surface area contributed by atoms with Crippen molar-refractivity contribution in [2.75, 3.05) is 0 Å². The van der Waals surface area contributed by atoms with Crippen LogP contribution in [0.5, 0.6) is 0 Å².